The fourth-order valence-corrected chi connectivity index (χ4v) is 4.14. The van der Waals surface area contributed by atoms with E-state index >= 15 is 0 Å². The number of carbonyl (C=O) groups excluding carboxylic acids is 1. The van der Waals surface area contributed by atoms with Gasteiger partial charge < -0.3 is 18.9 Å². The molecule has 1 amide bonds. The van der Waals surface area contributed by atoms with Crippen molar-refractivity contribution in [1.29, 1.82) is 0 Å². The summed E-state index contributed by atoms with van der Waals surface area (Å²) in [5.74, 6) is -0.433. The monoisotopic (exact) mass is 510 g/mol. The van der Waals surface area contributed by atoms with E-state index in [0.29, 0.717) is 30.3 Å². The number of alkyl halides is 3. The molecule has 12 heteroatoms. The van der Waals surface area contributed by atoms with Gasteiger partial charge in [0, 0.05) is 24.2 Å². The molecule has 0 atom stereocenters. The number of aromatic nitrogens is 3. The average Bonchev–Trinajstić information content (AvgIpc) is 3.25. The van der Waals surface area contributed by atoms with Crippen LogP contribution >= 0.6 is 11.6 Å². The van der Waals surface area contributed by atoms with Crippen molar-refractivity contribution in [1.82, 2.24) is 19.7 Å². The molecule has 1 aliphatic rings. The van der Waals surface area contributed by atoms with Crippen LogP contribution in [0.5, 0.6) is 11.5 Å². The van der Waals surface area contributed by atoms with Crippen LogP contribution in [0.2, 0.25) is 5.02 Å². The molecule has 184 valence electrons. The van der Waals surface area contributed by atoms with Gasteiger partial charge in [0.15, 0.2) is 18.3 Å². The first kappa shape index (κ1) is 24.5. The molecule has 7 nitrogen and oxygen atoms in total. The Morgan fingerprint density at radius 3 is 2.66 bits per heavy atom. The molecule has 2 aromatic carbocycles. The van der Waals surface area contributed by atoms with Crippen LogP contribution in [0, 0.1) is 5.82 Å². The summed E-state index contributed by atoms with van der Waals surface area (Å²) in [5.41, 5.74) is 0.0924. The van der Waals surface area contributed by atoms with Crippen molar-refractivity contribution in [2.45, 2.75) is 19.3 Å². The van der Waals surface area contributed by atoms with E-state index in [1.807, 2.05) is 0 Å². The number of ether oxygens (including phenoxy) is 2. The van der Waals surface area contributed by atoms with E-state index in [4.69, 9.17) is 21.1 Å². The Morgan fingerprint density at radius 2 is 1.97 bits per heavy atom. The van der Waals surface area contributed by atoms with Crippen molar-refractivity contribution >= 4 is 17.5 Å². The molecule has 1 aromatic heterocycles. The molecule has 0 fully saturated rings. The van der Waals surface area contributed by atoms with Gasteiger partial charge >= 0.3 is 6.18 Å². The van der Waals surface area contributed by atoms with E-state index in [1.54, 1.807) is 9.47 Å². The first-order chi connectivity index (χ1) is 16.6. The third-order valence-electron chi connectivity index (χ3n) is 5.39. The summed E-state index contributed by atoms with van der Waals surface area (Å²) >= 11 is 6.50. The quantitative estimate of drug-likeness (QED) is 0.349. The molecule has 0 saturated carbocycles. The fourth-order valence-electron chi connectivity index (χ4n) is 3.83. The van der Waals surface area contributed by atoms with Crippen molar-refractivity contribution in [2.24, 2.45) is 0 Å². The van der Waals surface area contributed by atoms with Gasteiger partial charge in [0.25, 0.3) is 0 Å². The van der Waals surface area contributed by atoms with Crippen molar-refractivity contribution in [3.8, 4) is 34.0 Å². The third kappa shape index (κ3) is 4.95. The normalized spacial score (nSPS) is 13.4. The second-order valence-corrected chi connectivity index (χ2v) is 8.01. The van der Waals surface area contributed by atoms with E-state index in [9.17, 15) is 22.4 Å². The standard InChI is InChI=1S/C23H19ClF4N4O3/c1-3-19(33)31-7-8-32-18(11-31)29-30-22(32)13-9-14(24)20(17(10-13)35-12-23(26,27)28)21-15(25)5-4-6-16(21)34-2/h3-6,9-10H,1,7-8,11-12H2,2H3. The molecule has 1 aliphatic heterocycles. The zero-order valence-electron chi connectivity index (χ0n) is 18.4. The van der Waals surface area contributed by atoms with Gasteiger partial charge in [-0.15, -0.1) is 10.2 Å². The molecule has 0 aliphatic carbocycles. The first-order valence-electron chi connectivity index (χ1n) is 10.3. The maximum Gasteiger partial charge on any atom is 0.422 e. The summed E-state index contributed by atoms with van der Waals surface area (Å²) in [7, 11) is 1.31. The maximum absolute atomic E-state index is 14.8. The van der Waals surface area contributed by atoms with Gasteiger partial charge in [-0.2, -0.15) is 13.2 Å². The minimum absolute atomic E-state index is 0.0697. The molecule has 0 N–H and O–H groups in total. The van der Waals surface area contributed by atoms with Crippen LogP contribution < -0.4 is 9.47 Å². The highest BCUT2D eigenvalue weighted by atomic mass is 35.5. The second-order valence-electron chi connectivity index (χ2n) is 7.61. The molecule has 0 unspecified atom stereocenters. The molecule has 0 bridgehead atoms. The van der Waals surface area contributed by atoms with Crippen LogP contribution in [0.15, 0.2) is 43.0 Å². The first-order valence-corrected chi connectivity index (χ1v) is 10.7. The van der Waals surface area contributed by atoms with Gasteiger partial charge in [0.2, 0.25) is 5.91 Å². The number of nitrogens with zero attached hydrogens (tertiary/aromatic N) is 4. The second kappa shape index (κ2) is 9.57. The summed E-state index contributed by atoms with van der Waals surface area (Å²) in [6.07, 6.45) is -3.44. The lowest BCUT2D eigenvalue weighted by Crippen LogP contribution is -2.37. The smallest absolute Gasteiger partial charge is 0.422 e. The fraction of sp³-hybridized carbons (Fsp3) is 0.261. The highest BCUT2D eigenvalue weighted by Gasteiger charge is 2.31. The van der Waals surface area contributed by atoms with Crippen LogP contribution in [0.25, 0.3) is 22.5 Å². The number of methoxy groups -OCH3 is 1. The van der Waals surface area contributed by atoms with E-state index in [0.717, 1.165) is 6.07 Å². The van der Waals surface area contributed by atoms with Crippen LogP contribution in [-0.4, -0.2) is 52.0 Å². The molecule has 0 spiro atoms. The number of hydrogen-bond acceptors (Lipinski definition) is 5. The largest absolute Gasteiger partial charge is 0.496 e. The zero-order valence-corrected chi connectivity index (χ0v) is 19.2. The van der Waals surface area contributed by atoms with Gasteiger partial charge in [-0.25, -0.2) is 4.39 Å². The number of hydrogen-bond donors (Lipinski definition) is 0. The molecular weight excluding hydrogens is 492 g/mol. The molecule has 35 heavy (non-hydrogen) atoms. The molecule has 3 aromatic rings. The Hall–Kier alpha value is -3.60. The van der Waals surface area contributed by atoms with Crippen LogP contribution in [0.1, 0.15) is 5.82 Å². The van der Waals surface area contributed by atoms with Gasteiger partial charge in [-0.05, 0) is 30.3 Å². The van der Waals surface area contributed by atoms with Crippen molar-refractivity contribution in [3.63, 3.8) is 0 Å². The van der Waals surface area contributed by atoms with Crippen molar-refractivity contribution in [3.05, 3.63) is 59.7 Å². The number of halogens is 5. The highest BCUT2D eigenvalue weighted by molar-refractivity contribution is 6.34. The average molecular weight is 511 g/mol. The van der Waals surface area contributed by atoms with E-state index in [1.165, 1.54) is 37.5 Å². The van der Waals surface area contributed by atoms with E-state index < -0.39 is 18.6 Å². The molecule has 2 heterocycles. The predicted molar refractivity (Wildman–Crippen MR) is 120 cm³/mol. The van der Waals surface area contributed by atoms with Gasteiger partial charge in [-0.1, -0.05) is 24.2 Å². The maximum atomic E-state index is 14.8. The lowest BCUT2D eigenvalue weighted by atomic mass is 10.00. The minimum atomic E-state index is -4.64. The summed E-state index contributed by atoms with van der Waals surface area (Å²) in [6.45, 7) is 2.75. The molecule has 0 saturated heterocycles. The molecule has 4 rings (SSSR count). The Balaban J connectivity index is 1.82. The number of fused-ring (bicyclic) bond motifs is 1. The van der Waals surface area contributed by atoms with Crippen LogP contribution in [0.4, 0.5) is 17.6 Å². The number of rotatable bonds is 6. The third-order valence-corrected chi connectivity index (χ3v) is 5.69. The van der Waals surface area contributed by atoms with Crippen LogP contribution in [0.3, 0.4) is 0 Å². The van der Waals surface area contributed by atoms with Gasteiger partial charge in [0.1, 0.15) is 17.3 Å². The summed E-state index contributed by atoms with van der Waals surface area (Å²) < 4.78 is 65.9. The van der Waals surface area contributed by atoms with E-state index in [2.05, 4.69) is 16.8 Å². The van der Waals surface area contributed by atoms with Crippen molar-refractivity contribution < 1.29 is 31.8 Å². The minimum Gasteiger partial charge on any atom is -0.496 e. The zero-order chi connectivity index (χ0) is 25.3. The van der Waals surface area contributed by atoms with E-state index in [-0.39, 0.29) is 40.1 Å². The lowest BCUT2D eigenvalue weighted by Gasteiger charge is -2.27. The Labute approximate surface area is 202 Å². The highest BCUT2D eigenvalue weighted by Crippen LogP contribution is 2.45. The Kier molecular flexibility index (Phi) is 6.70. The number of amides is 1. The topological polar surface area (TPSA) is 69.5 Å². The van der Waals surface area contributed by atoms with Crippen LogP contribution in [-0.2, 0) is 17.9 Å². The number of benzene rings is 2. The number of carbonyl (C=O) groups is 1. The summed E-state index contributed by atoms with van der Waals surface area (Å²) in [5, 5.41) is 8.18. The van der Waals surface area contributed by atoms with Gasteiger partial charge in [0.05, 0.1) is 24.2 Å². The Morgan fingerprint density at radius 1 is 1.20 bits per heavy atom. The molecular formula is C23H19ClF4N4O3. The molecule has 0 radical (unpaired) electrons. The Bertz CT molecular complexity index is 1290. The van der Waals surface area contributed by atoms with Crippen molar-refractivity contribution in [2.75, 3.05) is 20.3 Å². The SMILES string of the molecule is C=CC(=O)N1CCn2c(nnc2-c2cc(Cl)c(-c3c(F)cccc3OC)c(OCC(F)(F)F)c2)C1. The lowest BCUT2D eigenvalue weighted by molar-refractivity contribution is -0.153. The summed E-state index contributed by atoms with van der Waals surface area (Å²) in [4.78, 5) is 13.5. The predicted octanol–water partition coefficient (Wildman–Crippen LogP) is 4.88. The summed E-state index contributed by atoms with van der Waals surface area (Å²) in [6, 6.07) is 6.75. The van der Waals surface area contributed by atoms with Gasteiger partial charge in [-0.3, -0.25) is 4.79 Å².